The Morgan fingerprint density at radius 3 is 2.48 bits per heavy atom. The van der Waals surface area contributed by atoms with Gasteiger partial charge in [0.05, 0.1) is 17.8 Å². The highest BCUT2D eigenvalue weighted by atomic mass is 19.2. The minimum Gasteiger partial charge on any atom is -0.361 e. The summed E-state index contributed by atoms with van der Waals surface area (Å²) in [5, 5.41) is 3.75. The number of carbonyl (C=O) groups excluding carboxylic acids is 1. The van der Waals surface area contributed by atoms with E-state index in [1.54, 1.807) is 13.8 Å². The Morgan fingerprint density at radius 1 is 1.24 bits per heavy atom. The summed E-state index contributed by atoms with van der Waals surface area (Å²) in [5.74, 6) is -4.71. The van der Waals surface area contributed by atoms with E-state index < -0.39 is 28.9 Å². The van der Waals surface area contributed by atoms with Crippen molar-refractivity contribution < 1.29 is 22.5 Å². The van der Waals surface area contributed by atoms with Gasteiger partial charge in [0.15, 0.2) is 17.5 Å². The zero-order valence-electron chi connectivity index (χ0n) is 11.7. The van der Waals surface area contributed by atoms with Crippen LogP contribution in [0.25, 0.3) is 0 Å². The molecule has 0 saturated carbocycles. The third-order valence-corrected chi connectivity index (χ3v) is 3.19. The van der Waals surface area contributed by atoms with E-state index in [0.29, 0.717) is 17.0 Å². The Bertz CT molecular complexity index is 678. The standard InChI is InChI=1S/C14H13F3N2O2/c1-7-10(8(2)21-18-7)6-19(3)14(20)9-4-5-11(15)13(17)12(9)16/h4-5H,6H2,1-3H3. The Morgan fingerprint density at radius 2 is 1.90 bits per heavy atom. The summed E-state index contributed by atoms with van der Waals surface area (Å²) >= 11 is 0. The maximum absolute atomic E-state index is 13.6. The summed E-state index contributed by atoms with van der Waals surface area (Å²) in [5.41, 5.74) is 0.773. The Labute approximate surface area is 119 Å². The average Bonchev–Trinajstić information content (AvgIpc) is 2.76. The number of nitrogens with zero attached hydrogens (tertiary/aromatic N) is 2. The highest BCUT2D eigenvalue weighted by molar-refractivity contribution is 5.94. The third kappa shape index (κ3) is 2.76. The number of benzene rings is 1. The molecule has 0 radical (unpaired) electrons. The predicted molar refractivity (Wildman–Crippen MR) is 68.1 cm³/mol. The molecule has 0 aliphatic heterocycles. The largest absolute Gasteiger partial charge is 0.361 e. The first-order valence-corrected chi connectivity index (χ1v) is 6.13. The lowest BCUT2D eigenvalue weighted by molar-refractivity contribution is 0.0778. The van der Waals surface area contributed by atoms with Gasteiger partial charge in [0.25, 0.3) is 5.91 Å². The van der Waals surface area contributed by atoms with Crippen molar-refractivity contribution in [3.8, 4) is 0 Å². The van der Waals surface area contributed by atoms with Gasteiger partial charge in [-0.15, -0.1) is 0 Å². The molecule has 0 bridgehead atoms. The van der Waals surface area contributed by atoms with E-state index >= 15 is 0 Å². The van der Waals surface area contributed by atoms with Crippen molar-refractivity contribution in [2.75, 3.05) is 7.05 Å². The van der Waals surface area contributed by atoms with Crippen LogP contribution in [0.3, 0.4) is 0 Å². The number of hydrogen-bond donors (Lipinski definition) is 0. The van der Waals surface area contributed by atoms with Gasteiger partial charge in [0.2, 0.25) is 0 Å². The van der Waals surface area contributed by atoms with Crippen molar-refractivity contribution >= 4 is 5.91 Å². The second-order valence-electron chi connectivity index (χ2n) is 4.69. The molecule has 0 unspecified atom stereocenters. The summed E-state index contributed by atoms with van der Waals surface area (Å²) in [6.45, 7) is 3.52. The lowest BCUT2D eigenvalue weighted by atomic mass is 10.1. The summed E-state index contributed by atoms with van der Waals surface area (Å²) in [7, 11) is 1.43. The molecule has 21 heavy (non-hydrogen) atoms. The molecule has 1 heterocycles. The Balaban J connectivity index is 2.26. The van der Waals surface area contributed by atoms with Crippen molar-refractivity contribution in [3.05, 3.63) is 52.2 Å². The van der Waals surface area contributed by atoms with Crippen LogP contribution in [0, 0.1) is 31.3 Å². The molecule has 0 spiro atoms. The SMILES string of the molecule is Cc1noc(C)c1CN(C)C(=O)c1ccc(F)c(F)c1F. The first kappa shape index (κ1) is 15.1. The van der Waals surface area contributed by atoms with E-state index in [1.807, 2.05) is 0 Å². The summed E-state index contributed by atoms with van der Waals surface area (Å²) in [4.78, 5) is 13.3. The number of aromatic nitrogens is 1. The number of halogens is 3. The lowest BCUT2D eigenvalue weighted by Gasteiger charge is -2.17. The molecule has 1 aromatic carbocycles. The fourth-order valence-corrected chi connectivity index (χ4v) is 1.93. The topological polar surface area (TPSA) is 46.3 Å². The van der Waals surface area contributed by atoms with Gasteiger partial charge in [-0.25, -0.2) is 13.2 Å². The minimum absolute atomic E-state index is 0.123. The number of rotatable bonds is 3. The first-order valence-electron chi connectivity index (χ1n) is 6.13. The van der Waals surface area contributed by atoms with Crippen LogP contribution < -0.4 is 0 Å². The van der Waals surface area contributed by atoms with Crippen LogP contribution in [-0.4, -0.2) is 23.0 Å². The molecule has 1 aromatic heterocycles. The number of amides is 1. The fraction of sp³-hybridized carbons (Fsp3) is 0.286. The molecule has 0 aliphatic carbocycles. The Hall–Kier alpha value is -2.31. The summed E-state index contributed by atoms with van der Waals surface area (Å²) in [6.07, 6.45) is 0. The quantitative estimate of drug-likeness (QED) is 0.818. The van der Waals surface area contributed by atoms with Crippen molar-refractivity contribution in [1.82, 2.24) is 10.1 Å². The van der Waals surface area contributed by atoms with Gasteiger partial charge < -0.3 is 9.42 Å². The van der Waals surface area contributed by atoms with Crippen LogP contribution in [0.2, 0.25) is 0 Å². The van der Waals surface area contributed by atoms with Gasteiger partial charge in [-0.3, -0.25) is 4.79 Å². The van der Waals surface area contributed by atoms with Crippen LogP contribution in [0.1, 0.15) is 27.4 Å². The molecule has 112 valence electrons. The fourth-order valence-electron chi connectivity index (χ4n) is 1.93. The van der Waals surface area contributed by atoms with Crippen molar-refractivity contribution in [1.29, 1.82) is 0 Å². The summed E-state index contributed by atoms with van der Waals surface area (Å²) in [6, 6.07) is 1.63. The van der Waals surface area contributed by atoms with E-state index in [1.165, 1.54) is 11.9 Å². The van der Waals surface area contributed by atoms with E-state index in [-0.39, 0.29) is 6.54 Å². The normalized spacial score (nSPS) is 10.8. The highest BCUT2D eigenvalue weighted by Gasteiger charge is 2.23. The van der Waals surface area contributed by atoms with E-state index in [4.69, 9.17) is 4.52 Å². The number of carbonyl (C=O) groups is 1. The molecular formula is C14H13F3N2O2. The van der Waals surface area contributed by atoms with Gasteiger partial charge in [-0.05, 0) is 26.0 Å². The predicted octanol–water partition coefficient (Wildman–Crippen LogP) is 2.98. The monoisotopic (exact) mass is 298 g/mol. The lowest BCUT2D eigenvalue weighted by Crippen LogP contribution is -2.28. The highest BCUT2D eigenvalue weighted by Crippen LogP contribution is 2.19. The molecule has 7 heteroatoms. The van der Waals surface area contributed by atoms with E-state index in [9.17, 15) is 18.0 Å². The molecule has 0 atom stereocenters. The first-order chi connectivity index (χ1) is 9.82. The van der Waals surface area contributed by atoms with Gasteiger partial charge in [0, 0.05) is 12.6 Å². The van der Waals surface area contributed by atoms with Crippen molar-refractivity contribution in [2.24, 2.45) is 0 Å². The van der Waals surface area contributed by atoms with Crippen LogP contribution in [0.15, 0.2) is 16.7 Å². The summed E-state index contributed by atoms with van der Waals surface area (Å²) < 4.78 is 44.6. The molecule has 0 fully saturated rings. The molecule has 1 amide bonds. The van der Waals surface area contributed by atoms with Crippen molar-refractivity contribution in [2.45, 2.75) is 20.4 Å². The van der Waals surface area contributed by atoms with Gasteiger partial charge in [0.1, 0.15) is 5.76 Å². The van der Waals surface area contributed by atoms with Crippen LogP contribution in [0.4, 0.5) is 13.2 Å². The molecular weight excluding hydrogens is 285 g/mol. The molecule has 4 nitrogen and oxygen atoms in total. The van der Waals surface area contributed by atoms with Gasteiger partial charge >= 0.3 is 0 Å². The zero-order chi connectivity index (χ0) is 15.7. The average molecular weight is 298 g/mol. The maximum atomic E-state index is 13.6. The zero-order valence-corrected chi connectivity index (χ0v) is 11.7. The van der Waals surface area contributed by atoms with Crippen LogP contribution in [0.5, 0.6) is 0 Å². The van der Waals surface area contributed by atoms with Crippen LogP contribution >= 0.6 is 0 Å². The molecule has 2 rings (SSSR count). The molecule has 0 N–H and O–H groups in total. The Kier molecular flexibility index (Phi) is 4.02. The minimum atomic E-state index is -1.66. The smallest absolute Gasteiger partial charge is 0.256 e. The molecule has 0 aliphatic rings. The maximum Gasteiger partial charge on any atom is 0.256 e. The van der Waals surface area contributed by atoms with Gasteiger partial charge in [-0.1, -0.05) is 5.16 Å². The van der Waals surface area contributed by atoms with E-state index in [2.05, 4.69) is 5.16 Å². The van der Waals surface area contributed by atoms with E-state index in [0.717, 1.165) is 12.1 Å². The number of aryl methyl sites for hydroxylation is 2. The van der Waals surface area contributed by atoms with Crippen LogP contribution in [-0.2, 0) is 6.54 Å². The van der Waals surface area contributed by atoms with Crippen molar-refractivity contribution in [3.63, 3.8) is 0 Å². The molecule has 0 saturated heterocycles. The second-order valence-corrected chi connectivity index (χ2v) is 4.69. The van der Waals surface area contributed by atoms with Gasteiger partial charge in [-0.2, -0.15) is 0 Å². The second kappa shape index (κ2) is 5.59. The number of hydrogen-bond acceptors (Lipinski definition) is 3. The third-order valence-electron chi connectivity index (χ3n) is 3.19. The molecule has 2 aromatic rings.